The quantitative estimate of drug-likeness (QED) is 0.685. The summed E-state index contributed by atoms with van der Waals surface area (Å²) in [7, 11) is 0. The van der Waals surface area contributed by atoms with Gasteiger partial charge in [0, 0.05) is 5.54 Å². The van der Waals surface area contributed by atoms with E-state index in [-0.39, 0.29) is 0 Å². The fourth-order valence-corrected chi connectivity index (χ4v) is 1.72. The average molecular weight is 169 g/mol. The molecule has 72 valence electrons. The zero-order chi connectivity index (χ0) is 9.41. The van der Waals surface area contributed by atoms with Crippen LogP contribution in [-0.2, 0) is 0 Å². The molecule has 0 aliphatic heterocycles. The first-order chi connectivity index (χ1) is 5.37. The van der Waals surface area contributed by atoms with Crippen molar-refractivity contribution in [3.8, 4) is 0 Å². The van der Waals surface area contributed by atoms with Crippen LogP contribution in [-0.4, -0.2) is 12.1 Å². The van der Waals surface area contributed by atoms with Crippen LogP contribution in [0.25, 0.3) is 0 Å². The Labute approximate surface area is 76.9 Å². The van der Waals surface area contributed by atoms with Gasteiger partial charge in [0.1, 0.15) is 0 Å². The van der Waals surface area contributed by atoms with Gasteiger partial charge in [0.25, 0.3) is 0 Å². The summed E-state index contributed by atoms with van der Waals surface area (Å²) in [6.07, 6.45) is 2.73. The Morgan fingerprint density at radius 3 is 2.00 bits per heavy atom. The van der Waals surface area contributed by atoms with Crippen molar-refractivity contribution in [2.45, 2.75) is 53.0 Å². The third kappa shape index (κ3) is 2.01. The van der Waals surface area contributed by atoms with Crippen molar-refractivity contribution in [1.82, 2.24) is 5.32 Å². The molecule has 0 unspecified atom stereocenters. The van der Waals surface area contributed by atoms with E-state index < -0.39 is 0 Å². The minimum Gasteiger partial charge on any atom is -0.310 e. The molecule has 0 radical (unpaired) electrons. The predicted molar refractivity (Wildman–Crippen MR) is 54.3 cm³/mol. The summed E-state index contributed by atoms with van der Waals surface area (Å²) in [5.74, 6) is 0.768. The van der Waals surface area contributed by atoms with Gasteiger partial charge in [-0.3, -0.25) is 0 Å². The molecule has 1 heteroatoms. The van der Waals surface area contributed by atoms with Crippen LogP contribution in [0.3, 0.4) is 0 Å². The van der Waals surface area contributed by atoms with Crippen LogP contribution in [0, 0.1) is 11.3 Å². The van der Waals surface area contributed by atoms with Gasteiger partial charge in [-0.2, -0.15) is 0 Å². The van der Waals surface area contributed by atoms with Gasteiger partial charge in [-0.25, -0.2) is 0 Å². The smallest absolute Gasteiger partial charge is 0.0231 e. The summed E-state index contributed by atoms with van der Waals surface area (Å²) in [5.41, 5.74) is 0.902. The Bertz CT molecular complexity index is 149. The van der Waals surface area contributed by atoms with Crippen molar-refractivity contribution in [1.29, 1.82) is 0 Å². The number of nitrogens with one attached hydrogen (secondary N) is 1. The highest BCUT2D eigenvalue weighted by molar-refractivity contribution is 5.09. The SMILES string of the molecule is CC(C)CNC1(C(C)(C)C)CC1. The van der Waals surface area contributed by atoms with E-state index in [1.54, 1.807) is 0 Å². The van der Waals surface area contributed by atoms with E-state index >= 15 is 0 Å². The van der Waals surface area contributed by atoms with Gasteiger partial charge in [0.15, 0.2) is 0 Å². The Kier molecular flexibility index (Phi) is 2.53. The van der Waals surface area contributed by atoms with E-state index in [2.05, 4.69) is 39.9 Å². The Balaban J connectivity index is 2.40. The molecule has 0 amide bonds. The molecular weight excluding hydrogens is 146 g/mol. The largest absolute Gasteiger partial charge is 0.310 e. The molecule has 1 aliphatic carbocycles. The normalized spacial score (nSPS) is 21.5. The van der Waals surface area contributed by atoms with E-state index in [4.69, 9.17) is 0 Å². The third-order valence-electron chi connectivity index (χ3n) is 3.03. The van der Waals surface area contributed by atoms with Crippen LogP contribution >= 0.6 is 0 Å². The fraction of sp³-hybridized carbons (Fsp3) is 1.00. The first-order valence-corrected chi connectivity index (χ1v) is 5.12. The van der Waals surface area contributed by atoms with Gasteiger partial charge in [-0.05, 0) is 30.7 Å². The molecule has 0 atom stereocenters. The molecule has 0 bridgehead atoms. The summed E-state index contributed by atoms with van der Waals surface area (Å²) in [6, 6.07) is 0. The van der Waals surface area contributed by atoms with Gasteiger partial charge in [0.2, 0.25) is 0 Å². The highest BCUT2D eigenvalue weighted by Gasteiger charge is 2.51. The molecule has 0 aromatic heterocycles. The predicted octanol–water partition coefficient (Wildman–Crippen LogP) is 2.81. The number of hydrogen-bond acceptors (Lipinski definition) is 1. The van der Waals surface area contributed by atoms with Crippen molar-refractivity contribution in [2.75, 3.05) is 6.54 Å². The minimum absolute atomic E-state index is 0.432. The van der Waals surface area contributed by atoms with E-state index in [9.17, 15) is 0 Å². The first-order valence-electron chi connectivity index (χ1n) is 5.12. The van der Waals surface area contributed by atoms with Gasteiger partial charge in [0.05, 0.1) is 0 Å². The lowest BCUT2D eigenvalue weighted by molar-refractivity contribution is 0.239. The van der Waals surface area contributed by atoms with Crippen molar-refractivity contribution in [3.63, 3.8) is 0 Å². The lowest BCUT2D eigenvalue weighted by Crippen LogP contribution is -2.44. The molecule has 1 N–H and O–H groups in total. The highest BCUT2D eigenvalue weighted by atomic mass is 15.0. The number of rotatable bonds is 3. The second-order valence-electron chi connectivity index (χ2n) is 5.61. The molecule has 1 aliphatic rings. The molecule has 0 heterocycles. The second-order valence-corrected chi connectivity index (χ2v) is 5.61. The summed E-state index contributed by atoms with van der Waals surface area (Å²) < 4.78 is 0. The van der Waals surface area contributed by atoms with Crippen LogP contribution < -0.4 is 5.32 Å². The van der Waals surface area contributed by atoms with Gasteiger partial charge in [-0.15, -0.1) is 0 Å². The molecule has 0 aromatic rings. The van der Waals surface area contributed by atoms with E-state index in [1.807, 2.05) is 0 Å². The molecule has 1 fully saturated rings. The van der Waals surface area contributed by atoms with Crippen LogP contribution in [0.1, 0.15) is 47.5 Å². The maximum absolute atomic E-state index is 3.71. The first kappa shape index (κ1) is 10.0. The summed E-state index contributed by atoms with van der Waals surface area (Å²) >= 11 is 0. The minimum atomic E-state index is 0.432. The maximum atomic E-state index is 3.71. The third-order valence-corrected chi connectivity index (χ3v) is 3.03. The summed E-state index contributed by atoms with van der Waals surface area (Å²) in [5, 5.41) is 3.71. The van der Waals surface area contributed by atoms with Crippen LogP contribution in [0.4, 0.5) is 0 Å². The van der Waals surface area contributed by atoms with E-state index in [0.29, 0.717) is 11.0 Å². The average Bonchev–Trinajstić information content (AvgIpc) is 2.60. The molecule has 12 heavy (non-hydrogen) atoms. The lowest BCUT2D eigenvalue weighted by atomic mass is 9.84. The summed E-state index contributed by atoms with van der Waals surface area (Å²) in [6.45, 7) is 12.7. The van der Waals surface area contributed by atoms with Crippen LogP contribution in [0.15, 0.2) is 0 Å². The highest BCUT2D eigenvalue weighted by Crippen LogP contribution is 2.49. The van der Waals surface area contributed by atoms with Crippen LogP contribution in [0.2, 0.25) is 0 Å². The van der Waals surface area contributed by atoms with Crippen molar-refractivity contribution >= 4 is 0 Å². The second kappa shape index (κ2) is 3.02. The molecule has 1 rings (SSSR count). The molecule has 0 spiro atoms. The maximum Gasteiger partial charge on any atom is 0.0231 e. The lowest BCUT2D eigenvalue weighted by Gasteiger charge is -2.32. The Morgan fingerprint density at radius 2 is 1.75 bits per heavy atom. The van der Waals surface area contributed by atoms with Crippen molar-refractivity contribution in [3.05, 3.63) is 0 Å². The number of hydrogen-bond donors (Lipinski definition) is 1. The Morgan fingerprint density at radius 1 is 1.25 bits per heavy atom. The molecule has 0 saturated heterocycles. The fourth-order valence-electron chi connectivity index (χ4n) is 1.72. The zero-order valence-electron chi connectivity index (χ0n) is 9.20. The van der Waals surface area contributed by atoms with Gasteiger partial charge >= 0.3 is 0 Å². The molecule has 1 nitrogen and oxygen atoms in total. The van der Waals surface area contributed by atoms with Crippen molar-refractivity contribution < 1.29 is 0 Å². The molecule has 1 saturated carbocycles. The topological polar surface area (TPSA) is 12.0 Å². The van der Waals surface area contributed by atoms with Gasteiger partial charge < -0.3 is 5.32 Å². The van der Waals surface area contributed by atoms with Crippen LogP contribution in [0.5, 0.6) is 0 Å². The molecule has 0 aromatic carbocycles. The standard InChI is InChI=1S/C11H23N/c1-9(2)8-12-11(6-7-11)10(3,4)5/h9,12H,6-8H2,1-5H3. The monoisotopic (exact) mass is 169 g/mol. The van der Waals surface area contributed by atoms with Crippen molar-refractivity contribution in [2.24, 2.45) is 11.3 Å². The summed E-state index contributed by atoms with van der Waals surface area (Å²) in [4.78, 5) is 0. The molecular formula is C11H23N. The van der Waals surface area contributed by atoms with E-state index in [1.165, 1.54) is 12.8 Å². The zero-order valence-corrected chi connectivity index (χ0v) is 9.20. The Hall–Kier alpha value is -0.0400. The van der Waals surface area contributed by atoms with E-state index in [0.717, 1.165) is 12.5 Å². The van der Waals surface area contributed by atoms with Gasteiger partial charge in [-0.1, -0.05) is 34.6 Å².